The first-order valence-corrected chi connectivity index (χ1v) is 8.80. The van der Waals surface area contributed by atoms with Crippen LogP contribution in [0.25, 0.3) is 0 Å². The van der Waals surface area contributed by atoms with Gasteiger partial charge in [-0.3, -0.25) is 14.6 Å². The Morgan fingerprint density at radius 3 is 2.88 bits per heavy atom. The van der Waals surface area contributed by atoms with Crippen LogP contribution in [0.5, 0.6) is 0 Å². The van der Waals surface area contributed by atoms with E-state index in [9.17, 15) is 9.59 Å². The number of pyridine rings is 1. The number of nitrogens with one attached hydrogen (secondary N) is 2. The Balaban J connectivity index is 1.54. The number of aromatic nitrogens is 3. The number of imidazole rings is 1. The molecule has 2 amide bonds. The molecule has 0 spiro atoms. The maximum Gasteiger partial charge on any atom is 0.287 e. The Morgan fingerprint density at radius 2 is 2.12 bits per heavy atom. The summed E-state index contributed by atoms with van der Waals surface area (Å²) >= 11 is 0. The summed E-state index contributed by atoms with van der Waals surface area (Å²) < 4.78 is 1.91. The standard InChI is InChI=1S/C18H21N5O2/c24-17(21-13-6-7-13)15-14-5-1-2-9-23(14)16(22-15)18(25)20-11-12-4-3-8-19-10-12/h3-4,8,10,13H,1-2,5-7,9,11H2,(H,20,25)(H,21,24). The molecule has 130 valence electrons. The quantitative estimate of drug-likeness (QED) is 0.862. The Hall–Kier alpha value is -2.70. The monoisotopic (exact) mass is 339 g/mol. The summed E-state index contributed by atoms with van der Waals surface area (Å²) in [6, 6.07) is 4.01. The SMILES string of the molecule is O=C(NC1CC1)c1nc(C(=O)NCc2cccnc2)n2c1CCCC2. The van der Waals surface area contributed by atoms with Crippen molar-refractivity contribution in [3.05, 3.63) is 47.3 Å². The third-order valence-electron chi connectivity index (χ3n) is 4.62. The van der Waals surface area contributed by atoms with Crippen molar-refractivity contribution in [1.82, 2.24) is 25.2 Å². The van der Waals surface area contributed by atoms with Gasteiger partial charge in [-0.1, -0.05) is 6.07 Å². The average Bonchev–Trinajstić information content (AvgIpc) is 3.37. The molecule has 0 radical (unpaired) electrons. The van der Waals surface area contributed by atoms with Crippen molar-refractivity contribution in [2.24, 2.45) is 0 Å². The van der Waals surface area contributed by atoms with Crippen LogP contribution >= 0.6 is 0 Å². The predicted molar refractivity (Wildman–Crippen MR) is 91.1 cm³/mol. The molecule has 2 aromatic heterocycles. The van der Waals surface area contributed by atoms with E-state index in [-0.39, 0.29) is 17.9 Å². The Morgan fingerprint density at radius 1 is 1.24 bits per heavy atom. The maximum atomic E-state index is 12.6. The van der Waals surface area contributed by atoms with E-state index >= 15 is 0 Å². The third kappa shape index (κ3) is 3.40. The van der Waals surface area contributed by atoms with Crippen LogP contribution in [0.4, 0.5) is 0 Å². The molecule has 2 aliphatic rings. The van der Waals surface area contributed by atoms with E-state index in [1.807, 2.05) is 16.7 Å². The molecule has 0 unspecified atom stereocenters. The molecule has 4 rings (SSSR count). The molecular weight excluding hydrogens is 318 g/mol. The Bertz CT molecular complexity index is 795. The average molecular weight is 339 g/mol. The van der Waals surface area contributed by atoms with Gasteiger partial charge in [-0.05, 0) is 43.7 Å². The summed E-state index contributed by atoms with van der Waals surface area (Å²) in [7, 11) is 0. The zero-order valence-corrected chi connectivity index (χ0v) is 14.0. The van der Waals surface area contributed by atoms with Gasteiger partial charge in [0.1, 0.15) is 5.69 Å². The summed E-state index contributed by atoms with van der Waals surface area (Å²) in [5, 5.41) is 5.85. The van der Waals surface area contributed by atoms with E-state index in [0.717, 1.165) is 49.9 Å². The van der Waals surface area contributed by atoms with Crippen molar-refractivity contribution >= 4 is 11.8 Å². The zero-order valence-electron chi connectivity index (χ0n) is 14.0. The minimum atomic E-state index is -0.252. The predicted octanol–water partition coefficient (Wildman–Crippen LogP) is 1.44. The molecule has 1 fully saturated rings. The molecule has 0 saturated heterocycles. The Labute approximate surface area is 145 Å². The van der Waals surface area contributed by atoms with Gasteiger partial charge in [-0.2, -0.15) is 0 Å². The van der Waals surface area contributed by atoms with Gasteiger partial charge >= 0.3 is 0 Å². The maximum absolute atomic E-state index is 12.6. The molecule has 2 N–H and O–H groups in total. The van der Waals surface area contributed by atoms with Crippen molar-refractivity contribution in [2.75, 3.05) is 0 Å². The van der Waals surface area contributed by atoms with E-state index in [2.05, 4.69) is 20.6 Å². The molecule has 7 heteroatoms. The van der Waals surface area contributed by atoms with Crippen molar-refractivity contribution in [1.29, 1.82) is 0 Å². The van der Waals surface area contributed by atoms with Crippen LogP contribution in [0, 0.1) is 0 Å². The van der Waals surface area contributed by atoms with Crippen molar-refractivity contribution in [2.45, 2.75) is 51.2 Å². The summed E-state index contributed by atoms with van der Waals surface area (Å²) in [6.07, 6.45) is 8.27. The van der Waals surface area contributed by atoms with E-state index in [4.69, 9.17) is 0 Å². The van der Waals surface area contributed by atoms with Crippen LogP contribution in [0.1, 0.15) is 58.0 Å². The number of fused-ring (bicyclic) bond motifs is 1. The number of carbonyl (C=O) groups is 2. The molecule has 7 nitrogen and oxygen atoms in total. The topological polar surface area (TPSA) is 88.9 Å². The fraction of sp³-hybridized carbons (Fsp3) is 0.444. The summed E-state index contributed by atoms with van der Waals surface area (Å²) in [6.45, 7) is 1.12. The van der Waals surface area contributed by atoms with Crippen LogP contribution < -0.4 is 10.6 Å². The lowest BCUT2D eigenvalue weighted by molar-refractivity contribution is 0.0935. The lowest BCUT2D eigenvalue weighted by atomic mass is 10.1. The number of carbonyl (C=O) groups excluding carboxylic acids is 2. The highest BCUT2D eigenvalue weighted by Gasteiger charge is 2.30. The molecule has 1 aliphatic heterocycles. The molecule has 0 aromatic carbocycles. The van der Waals surface area contributed by atoms with E-state index < -0.39 is 0 Å². The van der Waals surface area contributed by atoms with Gasteiger partial charge < -0.3 is 15.2 Å². The largest absolute Gasteiger partial charge is 0.348 e. The smallest absolute Gasteiger partial charge is 0.287 e. The highest BCUT2D eigenvalue weighted by atomic mass is 16.2. The summed E-state index contributed by atoms with van der Waals surface area (Å²) in [5.74, 6) is -0.0727. The minimum absolute atomic E-state index is 0.153. The van der Waals surface area contributed by atoms with Crippen molar-refractivity contribution in [3.63, 3.8) is 0 Å². The van der Waals surface area contributed by atoms with E-state index in [1.54, 1.807) is 12.4 Å². The zero-order chi connectivity index (χ0) is 17.2. The number of hydrogen-bond donors (Lipinski definition) is 2. The Kier molecular flexibility index (Phi) is 4.21. The number of amides is 2. The summed E-state index contributed by atoms with van der Waals surface area (Å²) in [4.78, 5) is 33.5. The van der Waals surface area contributed by atoms with Crippen molar-refractivity contribution in [3.8, 4) is 0 Å². The second kappa shape index (κ2) is 6.66. The third-order valence-corrected chi connectivity index (χ3v) is 4.62. The molecule has 0 bridgehead atoms. The summed E-state index contributed by atoms with van der Waals surface area (Å²) in [5.41, 5.74) is 2.22. The normalized spacial score (nSPS) is 16.2. The number of rotatable bonds is 5. The first-order chi connectivity index (χ1) is 12.2. The number of hydrogen-bond acceptors (Lipinski definition) is 4. The fourth-order valence-electron chi connectivity index (χ4n) is 3.14. The number of nitrogens with zero attached hydrogens (tertiary/aromatic N) is 3. The first-order valence-electron chi connectivity index (χ1n) is 8.80. The van der Waals surface area contributed by atoms with Crippen LogP contribution in [-0.2, 0) is 19.5 Å². The van der Waals surface area contributed by atoms with Crippen LogP contribution in [-0.4, -0.2) is 32.4 Å². The molecule has 25 heavy (non-hydrogen) atoms. The molecule has 1 aliphatic carbocycles. The molecule has 1 saturated carbocycles. The van der Waals surface area contributed by atoms with E-state index in [1.165, 1.54) is 0 Å². The van der Waals surface area contributed by atoms with Crippen LogP contribution in [0.3, 0.4) is 0 Å². The lowest BCUT2D eigenvalue weighted by Gasteiger charge is -2.17. The van der Waals surface area contributed by atoms with Gasteiger partial charge in [-0.15, -0.1) is 0 Å². The second-order valence-corrected chi connectivity index (χ2v) is 6.63. The van der Waals surface area contributed by atoms with Gasteiger partial charge in [0, 0.05) is 31.5 Å². The molecule has 0 atom stereocenters. The fourth-order valence-corrected chi connectivity index (χ4v) is 3.14. The van der Waals surface area contributed by atoms with Crippen LogP contribution in [0.15, 0.2) is 24.5 Å². The molecule has 2 aromatic rings. The molecule has 3 heterocycles. The lowest BCUT2D eigenvalue weighted by Crippen LogP contribution is -2.27. The van der Waals surface area contributed by atoms with Crippen molar-refractivity contribution < 1.29 is 9.59 Å². The highest BCUT2D eigenvalue weighted by Crippen LogP contribution is 2.23. The van der Waals surface area contributed by atoms with Crippen LogP contribution in [0.2, 0.25) is 0 Å². The second-order valence-electron chi connectivity index (χ2n) is 6.63. The molecular formula is C18H21N5O2. The van der Waals surface area contributed by atoms with Gasteiger partial charge in [0.15, 0.2) is 5.82 Å². The highest BCUT2D eigenvalue weighted by molar-refractivity contribution is 5.97. The minimum Gasteiger partial charge on any atom is -0.348 e. The van der Waals surface area contributed by atoms with E-state index in [0.29, 0.717) is 18.1 Å². The van der Waals surface area contributed by atoms with Gasteiger partial charge in [0.2, 0.25) is 0 Å². The van der Waals surface area contributed by atoms with Gasteiger partial charge in [0.25, 0.3) is 11.8 Å². The van der Waals surface area contributed by atoms with Gasteiger partial charge in [-0.25, -0.2) is 4.98 Å². The van der Waals surface area contributed by atoms with Gasteiger partial charge in [0.05, 0.1) is 5.69 Å². The first kappa shape index (κ1) is 15.8.